The van der Waals surface area contributed by atoms with Gasteiger partial charge in [0, 0.05) is 24.7 Å². The number of carbonyl (C=O) groups is 1. The highest BCUT2D eigenvalue weighted by molar-refractivity contribution is 5.95. The molecule has 0 spiro atoms. The maximum absolute atomic E-state index is 12.8. The summed E-state index contributed by atoms with van der Waals surface area (Å²) >= 11 is 0. The number of tetrazole rings is 1. The zero-order valence-electron chi connectivity index (χ0n) is 13.0. The second kappa shape index (κ2) is 7.52. The van der Waals surface area contributed by atoms with Crippen LogP contribution in [0.3, 0.4) is 0 Å². The Bertz CT molecular complexity index is 647. The molecule has 0 radical (unpaired) electrons. The van der Waals surface area contributed by atoms with Crippen molar-refractivity contribution in [2.24, 2.45) is 11.7 Å². The van der Waals surface area contributed by atoms with Crippen molar-refractivity contribution in [2.75, 3.05) is 13.1 Å². The number of benzene rings is 1. The zero-order valence-corrected chi connectivity index (χ0v) is 13.8. The average Bonchev–Trinajstić information content (AvgIpc) is 3.08. The number of amides is 1. The van der Waals surface area contributed by atoms with E-state index in [-0.39, 0.29) is 24.4 Å². The Hall–Kier alpha value is -1.99. The molecule has 7 nitrogen and oxygen atoms in total. The molecule has 1 aromatic heterocycles. The van der Waals surface area contributed by atoms with E-state index >= 15 is 0 Å². The summed E-state index contributed by atoms with van der Waals surface area (Å²) in [5.41, 5.74) is 7.26. The van der Waals surface area contributed by atoms with Crippen LogP contribution in [0.25, 0.3) is 5.69 Å². The lowest BCUT2D eigenvalue weighted by Gasteiger charge is -2.38. The monoisotopic (exact) mass is 336 g/mol. The molecule has 23 heavy (non-hydrogen) atoms. The Labute approximate surface area is 141 Å². The minimum Gasteiger partial charge on any atom is -0.334 e. The van der Waals surface area contributed by atoms with Gasteiger partial charge in [0.15, 0.2) is 0 Å². The molecule has 2 N–H and O–H groups in total. The number of likely N-dealkylation sites (tertiary alicyclic amines) is 1. The van der Waals surface area contributed by atoms with Crippen LogP contribution >= 0.6 is 12.4 Å². The lowest BCUT2D eigenvalue weighted by atomic mass is 9.92. The first kappa shape index (κ1) is 17.4. The van der Waals surface area contributed by atoms with Crippen LogP contribution in [0.15, 0.2) is 30.6 Å². The molecule has 0 saturated carbocycles. The number of hydrogen-bond donors (Lipinski definition) is 1. The van der Waals surface area contributed by atoms with E-state index < -0.39 is 0 Å². The van der Waals surface area contributed by atoms with Crippen molar-refractivity contribution in [1.29, 1.82) is 0 Å². The quantitative estimate of drug-likeness (QED) is 0.912. The number of hydrogen-bond acceptors (Lipinski definition) is 5. The van der Waals surface area contributed by atoms with Crippen LogP contribution in [0.5, 0.6) is 0 Å². The van der Waals surface area contributed by atoms with Gasteiger partial charge >= 0.3 is 0 Å². The lowest BCUT2D eigenvalue weighted by Crippen LogP contribution is -2.49. The number of nitrogens with zero attached hydrogens (tertiary/aromatic N) is 5. The van der Waals surface area contributed by atoms with E-state index in [1.54, 1.807) is 0 Å². The third-order valence-corrected chi connectivity index (χ3v) is 4.22. The number of rotatable bonds is 3. The predicted octanol–water partition coefficient (Wildman–Crippen LogP) is 1.28. The van der Waals surface area contributed by atoms with Gasteiger partial charge in [-0.3, -0.25) is 4.79 Å². The molecule has 2 heterocycles. The number of piperidine rings is 1. The van der Waals surface area contributed by atoms with Gasteiger partial charge in [-0.05, 0) is 47.4 Å². The molecule has 1 fully saturated rings. The van der Waals surface area contributed by atoms with E-state index in [4.69, 9.17) is 5.73 Å². The molecule has 3 rings (SSSR count). The molecule has 0 bridgehead atoms. The van der Waals surface area contributed by atoms with Crippen molar-refractivity contribution < 1.29 is 4.79 Å². The molecule has 124 valence electrons. The molecule has 1 amide bonds. The average molecular weight is 337 g/mol. The van der Waals surface area contributed by atoms with Gasteiger partial charge < -0.3 is 10.6 Å². The molecule has 1 aliphatic rings. The van der Waals surface area contributed by atoms with Crippen molar-refractivity contribution >= 4 is 18.3 Å². The van der Waals surface area contributed by atoms with Crippen LogP contribution in [0.4, 0.5) is 0 Å². The number of carbonyl (C=O) groups excluding carboxylic acids is 1. The second-order valence-corrected chi connectivity index (χ2v) is 5.82. The fraction of sp³-hybridized carbons (Fsp3) is 0.467. The minimum atomic E-state index is 0. The number of nitrogens with two attached hydrogens (primary N) is 1. The third kappa shape index (κ3) is 3.68. The highest BCUT2D eigenvalue weighted by Gasteiger charge is 2.29. The van der Waals surface area contributed by atoms with Crippen LogP contribution in [-0.2, 0) is 0 Å². The predicted molar refractivity (Wildman–Crippen MR) is 88.7 cm³/mol. The smallest absolute Gasteiger partial charge is 0.254 e. The maximum atomic E-state index is 12.8. The van der Waals surface area contributed by atoms with E-state index in [2.05, 4.69) is 22.4 Å². The van der Waals surface area contributed by atoms with E-state index in [1.807, 2.05) is 29.2 Å². The van der Waals surface area contributed by atoms with Gasteiger partial charge in [0.05, 0.1) is 5.69 Å². The summed E-state index contributed by atoms with van der Waals surface area (Å²) in [7, 11) is 0. The largest absolute Gasteiger partial charge is 0.334 e. The minimum absolute atomic E-state index is 0. The van der Waals surface area contributed by atoms with Gasteiger partial charge in [0.2, 0.25) is 0 Å². The topological polar surface area (TPSA) is 89.9 Å². The summed E-state index contributed by atoms with van der Waals surface area (Å²) in [6, 6.07) is 7.46. The molecular formula is C15H21ClN6O. The van der Waals surface area contributed by atoms with Gasteiger partial charge in [-0.2, -0.15) is 0 Å². The summed E-state index contributed by atoms with van der Waals surface area (Å²) < 4.78 is 1.54. The first-order chi connectivity index (χ1) is 10.7. The number of aromatic nitrogens is 4. The van der Waals surface area contributed by atoms with Crippen molar-refractivity contribution in [3.8, 4) is 5.69 Å². The van der Waals surface area contributed by atoms with Crippen LogP contribution in [-0.4, -0.2) is 50.1 Å². The summed E-state index contributed by atoms with van der Waals surface area (Å²) in [5.74, 6) is 0.641. The standard InChI is InChI=1S/C15H20N6O.ClH/c1-11-5-6-20(14(7-11)9-16)15(22)12-3-2-4-13(8-12)21-10-17-18-19-21;/h2-4,8,10-11,14H,5-7,9,16H2,1H3;1H. The highest BCUT2D eigenvalue weighted by Crippen LogP contribution is 2.24. The van der Waals surface area contributed by atoms with Crippen LogP contribution < -0.4 is 5.73 Å². The summed E-state index contributed by atoms with van der Waals surface area (Å²) in [6.07, 6.45) is 3.50. The Balaban J connectivity index is 0.00000192. The molecule has 8 heteroatoms. The van der Waals surface area contributed by atoms with Gasteiger partial charge in [0.1, 0.15) is 6.33 Å². The van der Waals surface area contributed by atoms with Crippen molar-refractivity contribution in [1.82, 2.24) is 25.1 Å². The molecule has 2 atom stereocenters. The lowest BCUT2D eigenvalue weighted by molar-refractivity contribution is 0.0573. The molecule has 2 aromatic rings. The van der Waals surface area contributed by atoms with Gasteiger partial charge in [0.25, 0.3) is 5.91 Å². The summed E-state index contributed by atoms with van der Waals surface area (Å²) in [4.78, 5) is 14.7. The summed E-state index contributed by atoms with van der Waals surface area (Å²) in [6.45, 7) is 3.47. The van der Waals surface area contributed by atoms with E-state index in [0.29, 0.717) is 18.0 Å². The Morgan fingerprint density at radius 1 is 1.43 bits per heavy atom. The zero-order chi connectivity index (χ0) is 15.5. The molecule has 2 unspecified atom stereocenters. The Morgan fingerprint density at radius 2 is 2.26 bits per heavy atom. The normalized spacial score (nSPS) is 20.9. The Kier molecular flexibility index (Phi) is 5.68. The van der Waals surface area contributed by atoms with Crippen LogP contribution in [0.2, 0.25) is 0 Å². The summed E-state index contributed by atoms with van der Waals surface area (Å²) in [5, 5.41) is 11.1. The van der Waals surface area contributed by atoms with Crippen molar-refractivity contribution in [2.45, 2.75) is 25.8 Å². The van der Waals surface area contributed by atoms with Crippen molar-refractivity contribution in [3.05, 3.63) is 36.2 Å². The van der Waals surface area contributed by atoms with Crippen molar-refractivity contribution in [3.63, 3.8) is 0 Å². The fourth-order valence-electron chi connectivity index (χ4n) is 2.97. The first-order valence-corrected chi connectivity index (χ1v) is 7.53. The molecule has 1 aromatic carbocycles. The number of halogens is 1. The molecular weight excluding hydrogens is 316 g/mol. The van der Waals surface area contributed by atoms with E-state index in [1.165, 1.54) is 11.0 Å². The third-order valence-electron chi connectivity index (χ3n) is 4.22. The maximum Gasteiger partial charge on any atom is 0.254 e. The van der Waals surface area contributed by atoms with Gasteiger partial charge in [-0.1, -0.05) is 13.0 Å². The first-order valence-electron chi connectivity index (χ1n) is 7.53. The van der Waals surface area contributed by atoms with E-state index in [9.17, 15) is 4.79 Å². The SMILES string of the molecule is CC1CCN(C(=O)c2cccc(-n3cnnn3)c2)C(CN)C1.Cl. The molecule has 1 saturated heterocycles. The van der Waals surface area contributed by atoms with Gasteiger partial charge in [-0.15, -0.1) is 17.5 Å². The van der Waals surface area contributed by atoms with Crippen LogP contribution in [0.1, 0.15) is 30.1 Å². The van der Waals surface area contributed by atoms with Gasteiger partial charge in [-0.25, -0.2) is 4.68 Å². The molecule has 0 aliphatic carbocycles. The molecule has 1 aliphatic heterocycles. The highest BCUT2D eigenvalue weighted by atomic mass is 35.5. The second-order valence-electron chi connectivity index (χ2n) is 5.82. The van der Waals surface area contributed by atoms with E-state index in [0.717, 1.165) is 25.1 Å². The fourth-order valence-corrected chi connectivity index (χ4v) is 2.97. The van der Waals surface area contributed by atoms with Crippen LogP contribution in [0, 0.1) is 5.92 Å². The Morgan fingerprint density at radius 3 is 2.96 bits per heavy atom.